The van der Waals surface area contributed by atoms with Crippen molar-refractivity contribution in [1.29, 1.82) is 0 Å². The minimum absolute atomic E-state index is 0.0257. The fourth-order valence-electron chi connectivity index (χ4n) is 0.902. The van der Waals surface area contributed by atoms with E-state index < -0.39 is 6.09 Å². The summed E-state index contributed by atoms with van der Waals surface area (Å²) in [6.07, 6.45) is 4.25. The lowest BCUT2D eigenvalue weighted by molar-refractivity contribution is 0.109. The Morgan fingerprint density at radius 2 is 2.31 bits per heavy atom. The average molecular weight is 223 g/mol. The van der Waals surface area contributed by atoms with Gasteiger partial charge >= 0.3 is 6.09 Å². The summed E-state index contributed by atoms with van der Waals surface area (Å²) in [4.78, 5) is 11.2. The third-order valence-electron chi connectivity index (χ3n) is 1.63. The van der Waals surface area contributed by atoms with E-state index in [1.54, 1.807) is 24.5 Å². The van der Waals surface area contributed by atoms with Crippen molar-refractivity contribution in [3.63, 3.8) is 0 Å². The van der Waals surface area contributed by atoms with E-state index in [1.807, 2.05) is 20.8 Å². The molecule has 0 atom stereocenters. The molecule has 0 unspecified atom stereocenters. The highest BCUT2D eigenvalue weighted by Crippen LogP contribution is 2.12. The second-order valence-corrected chi connectivity index (χ2v) is 4.63. The SMILES string of the molecule is CC(C)(C)COC(=O)N/C=C/c1ccco1. The third kappa shape index (κ3) is 5.24. The molecule has 0 saturated carbocycles. The molecule has 1 aromatic rings. The van der Waals surface area contributed by atoms with Crippen molar-refractivity contribution in [2.45, 2.75) is 20.8 Å². The summed E-state index contributed by atoms with van der Waals surface area (Å²) in [7, 11) is 0. The minimum Gasteiger partial charge on any atom is -0.465 e. The molecule has 4 heteroatoms. The van der Waals surface area contributed by atoms with E-state index in [4.69, 9.17) is 9.15 Å². The maximum Gasteiger partial charge on any atom is 0.411 e. The molecule has 0 fully saturated rings. The van der Waals surface area contributed by atoms with Gasteiger partial charge in [0.05, 0.1) is 12.9 Å². The third-order valence-corrected chi connectivity index (χ3v) is 1.63. The van der Waals surface area contributed by atoms with E-state index >= 15 is 0 Å². The van der Waals surface area contributed by atoms with E-state index in [9.17, 15) is 4.79 Å². The molecule has 1 rings (SSSR count). The van der Waals surface area contributed by atoms with Gasteiger partial charge in [-0.1, -0.05) is 20.8 Å². The highest BCUT2D eigenvalue weighted by atomic mass is 16.5. The standard InChI is InChI=1S/C12H17NO3/c1-12(2,3)9-16-11(14)13-7-6-10-5-4-8-15-10/h4-8H,9H2,1-3H3,(H,13,14)/b7-6+. The smallest absolute Gasteiger partial charge is 0.411 e. The van der Waals surface area contributed by atoms with Crippen LogP contribution in [-0.4, -0.2) is 12.7 Å². The van der Waals surface area contributed by atoms with Gasteiger partial charge in [0.25, 0.3) is 0 Å². The van der Waals surface area contributed by atoms with Gasteiger partial charge in [-0.05, 0) is 23.6 Å². The molecule has 0 aromatic carbocycles. The van der Waals surface area contributed by atoms with Crippen LogP contribution in [0.15, 0.2) is 29.0 Å². The maximum atomic E-state index is 11.2. The lowest BCUT2D eigenvalue weighted by Gasteiger charge is -2.17. The quantitative estimate of drug-likeness (QED) is 0.856. The number of rotatable bonds is 3. The van der Waals surface area contributed by atoms with Crippen LogP contribution in [0, 0.1) is 5.41 Å². The summed E-state index contributed by atoms with van der Waals surface area (Å²) in [6.45, 7) is 6.38. The largest absolute Gasteiger partial charge is 0.465 e. The van der Waals surface area contributed by atoms with Gasteiger partial charge in [0.2, 0.25) is 0 Å². The molecule has 4 nitrogen and oxygen atoms in total. The number of nitrogens with one attached hydrogen (secondary N) is 1. The normalized spacial score (nSPS) is 11.7. The fraction of sp³-hybridized carbons (Fsp3) is 0.417. The summed E-state index contributed by atoms with van der Waals surface area (Å²) in [5.74, 6) is 0.677. The highest BCUT2D eigenvalue weighted by Gasteiger charge is 2.12. The number of alkyl carbamates (subject to hydrolysis) is 1. The van der Waals surface area contributed by atoms with Gasteiger partial charge in [-0.2, -0.15) is 0 Å². The van der Waals surface area contributed by atoms with Gasteiger partial charge in [0.1, 0.15) is 5.76 Å². The molecule has 0 spiro atoms. The summed E-state index contributed by atoms with van der Waals surface area (Å²) < 4.78 is 10.0. The Balaban J connectivity index is 2.25. The van der Waals surface area contributed by atoms with E-state index in [2.05, 4.69) is 5.32 Å². The first-order chi connectivity index (χ1) is 7.47. The number of amides is 1. The van der Waals surface area contributed by atoms with Crippen molar-refractivity contribution in [2.24, 2.45) is 5.41 Å². The van der Waals surface area contributed by atoms with Crippen LogP contribution in [0.5, 0.6) is 0 Å². The topological polar surface area (TPSA) is 51.5 Å². The lowest BCUT2D eigenvalue weighted by Crippen LogP contribution is -2.24. The number of hydrogen-bond acceptors (Lipinski definition) is 3. The molecular weight excluding hydrogens is 206 g/mol. The predicted octanol–water partition coefficient (Wildman–Crippen LogP) is 3.02. The second kappa shape index (κ2) is 5.39. The van der Waals surface area contributed by atoms with Crippen LogP contribution in [0.2, 0.25) is 0 Å². The Bertz CT molecular complexity index is 347. The second-order valence-electron chi connectivity index (χ2n) is 4.63. The summed E-state index contributed by atoms with van der Waals surface area (Å²) in [5.41, 5.74) is -0.0257. The van der Waals surface area contributed by atoms with E-state index in [0.717, 1.165) is 0 Å². The van der Waals surface area contributed by atoms with E-state index in [-0.39, 0.29) is 5.41 Å². The number of carbonyl (C=O) groups is 1. The van der Waals surface area contributed by atoms with Gasteiger partial charge in [0, 0.05) is 6.20 Å². The molecule has 0 bridgehead atoms. The van der Waals surface area contributed by atoms with Gasteiger partial charge in [-0.3, -0.25) is 5.32 Å². The maximum absolute atomic E-state index is 11.2. The van der Waals surface area contributed by atoms with E-state index in [0.29, 0.717) is 12.4 Å². The van der Waals surface area contributed by atoms with Gasteiger partial charge in [-0.15, -0.1) is 0 Å². The van der Waals surface area contributed by atoms with Crippen LogP contribution in [0.25, 0.3) is 6.08 Å². The molecule has 1 aromatic heterocycles. The summed E-state index contributed by atoms with van der Waals surface area (Å²) in [6, 6.07) is 3.57. The monoisotopic (exact) mass is 223 g/mol. The predicted molar refractivity (Wildman–Crippen MR) is 61.7 cm³/mol. The molecular formula is C12H17NO3. The first-order valence-electron chi connectivity index (χ1n) is 5.11. The number of furan rings is 1. The van der Waals surface area contributed by atoms with Gasteiger partial charge in [0.15, 0.2) is 0 Å². The molecule has 1 N–H and O–H groups in total. The molecule has 16 heavy (non-hydrogen) atoms. The zero-order valence-electron chi connectivity index (χ0n) is 9.82. The number of hydrogen-bond donors (Lipinski definition) is 1. The van der Waals surface area contributed by atoms with Crippen molar-refractivity contribution in [2.75, 3.05) is 6.61 Å². The van der Waals surface area contributed by atoms with Crippen molar-refractivity contribution < 1.29 is 13.9 Å². The summed E-state index contributed by atoms with van der Waals surface area (Å²) in [5, 5.41) is 2.49. The van der Waals surface area contributed by atoms with Crippen LogP contribution < -0.4 is 5.32 Å². The van der Waals surface area contributed by atoms with Crippen LogP contribution >= 0.6 is 0 Å². The molecule has 0 radical (unpaired) electrons. The zero-order chi connectivity index (χ0) is 12.0. The first-order valence-corrected chi connectivity index (χ1v) is 5.11. The molecule has 0 aliphatic carbocycles. The summed E-state index contributed by atoms with van der Waals surface area (Å²) >= 11 is 0. The average Bonchev–Trinajstić information content (AvgIpc) is 2.66. The first kappa shape index (κ1) is 12.4. The molecule has 0 saturated heterocycles. The molecule has 0 aliphatic rings. The van der Waals surface area contributed by atoms with Crippen molar-refractivity contribution in [3.8, 4) is 0 Å². The highest BCUT2D eigenvalue weighted by molar-refractivity contribution is 5.69. The Kier molecular flexibility index (Phi) is 4.17. The number of ether oxygens (including phenoxy) is 1. The van der Waals surface area contributed by atoms with Gasteiger partial charge in [-0.25, -0.2) is 4.79 Å². The molecule has 1 heterocycles. The van der Waals surface area contributed by atoms with Crippen LogP contribution in [0.3, 0.4) is 0 Å². The Labute approximate surface area is 95.3 Å². The van der Waals surface area contributed by atoms with Crippen LogP contribution in [0.4, 0.5) is 4.79 Å². The fourth-order valence-corrected chi connectivity index (χ4v) is 0.902. The minimum atomic E-state index is -0.460. The lowest BCUT2D eigenvalue weighted by atomic mass is 9.99. The van der Waals surface area contributed by atoms with E-state index in [1.165, 1.54) is 6.20 Å². The number of carbonyl (C=O) groups excluding carboxylic acids is 1. The Morgan fingerprint density at radius 3 is 2.88 bits per heavy atom. The van der Waals surface area contributed by atoms with Crippen molar-refractivity contribution in [3.05, 3.63) is 30.4 Å². The molecule has 1 amide bonds. The molecule has 88 valence electrons. The van der Waals surface area contributed by atoms with Crippen molar-refractivity contribution >= 4 is 12.2 Å². The zero-order valence-corrected chi connectivity index (χ0v) is 9.82. The Morgan fingerprint density at radius 1 is 1.56 bits per heavy atom. The van der Waals surface area contributed by atoms with Crippen LogP contribution in [0.1, 0.15) is 26.5 Å². The van der Waals surface area contributed by atoms with Crippen molar-refractivity contribution in [1.82, 2.24) is 5.32 Å². The Hall–Kier alpha value is -1.71. The van der Waals surface area contributed by atoms with Gasteiger partial charge < -0.3 is 9.15 Å². The molecule has 0 aliphatic heterocycles. The van der Waals surface area contributed by atoms with Crippen LogP contribution in [-0.2, 0) is 4.74 Å².